The largest absolute Gasteiger partial charge is 0.345 e. The lowest BCUT2D eigenvalue weighted by Gasteiger charge is -2.17. The van der Waals surface area contributed by atoms with Crippen LogP contribution in [0.4, 0.5) is 5.69 Å². The Morgan fingerprint density at radius 2 is 2.10 bits per heavy atom. The smallest absolute Gasteiger partial charge is 0.229 e. The van der Waals surface area contributed by atoms with Gasteiger partial charge in [0.25, 0.3) is 0 Å². The van der Waals surface area contributed by atoms with Crippen molar-refractivity contribution in [2.75, 3.05) is 18.0 Å². The number of hydrogen-bond acceptors (Lipinski definition) is 6. The van der Waals surface area contributed by atoms with E-state index in [1.807, 2.05) is 19.1 Å². The van der Waals surface area contributed by atoms with Crippen molar-refractivity contribution in [3.8, 4) is 11.1 Å². The summed E-state index contributed by atoms with van der Waals surface area (Å²) in [5.74, 6) is -0.0287. The summed E-state index contributed by atoms with van der Waals surface area (Å²) in [7, 11) is -1.59. The van der Waals surface area contributed by atoms with Gasteiger partial charge in [0.05, 0.1) is 6.26 Å². The minimum Gasteiger partial charge on any atom is -0.345 e. The standard InChI is InChI=1S/C20H21N5O3S/c1-12-9-17(25(2)23-12)19(26)16-11-22-20-18(16)15(7-8-21-20)13-5-4-6-14(10-13)24-29(3,27)28/h4-8,10-11,17,24H,9H2,1-3H3,(H,21,22). The number of benzene rings is 1. The molecule has 4 rings (SSSR count). The number of H-pyrrole nitrogens is 1. The number of likely N-dealkylation sites (N-methyl/N-ethyl adjacent to an activating group) is 1. The molecule has 9 heteroatoms. The molecular formula is C20H21N5O3S. The number of nitrogens with one attached hydrogen (secondary N) is 2. The molecule has 0 radical (unpaired) electrons. The fraction of sp³-hybridized carbons (Fsp3) is 0.250. The average Bonchev–Trinajstić information content (AvgIpc) is 3.22. The summed E-state index contributed by atoms with van der Waals surface area (Å²) < 4.78 is 25.6. The highest BCUT2D eigenvalue weighted by atomic mass is 32.2. The Morgan fingerprint density at radius 3 is 2.79 bits per heavy atom. The quantitative estimate of drug-likeness (QED) is 0.628. The maximum Gasteiger partial charge on any atom is 0.229 e. The number of fused-ring (bicyclic) bond motifs is 1. The molecule has 0 spiro atoms. The van der Waals surface area contributed by atoms with E-state index < -0.39 is 10.0 Å². The number of nitrogens with zero attached hydrogens (tertiary/aromatic N) is 3. The summed E-state index contributed by atoms with van der Waals surface area (Å²) >= 11 is 0. The van der Waals surface area contributed by atoms with Gasteiger partial charge in [-0.3, -0.25) is 14.5 Å². The molecule has 0 fully saturated rings. The summed E-state index contributed by atoms with van der Waals surface area (Å²) in [6.45, 7) is 1.91. The number of aromatic nitrogens is 2. The number of anilines is 1. The topological polar surface area (TPSA) is 108 Å². The van der Waals surface area contributed by atoms with E-state index in [4.69, 9.17) is 0 Å². The Balaban J connectivity index is 1.80. The molecular weight excluding hydrogens is 390 g/mol. The predicted octanol–water partition coefficient (Wildman–Crippen LogP) is 2.86. The van der Waals surface area contributed by atoms with Crippen LogP contribution in [-0.2, 0) is 10.0 Å². The van der Waals surface area contributed by atoms with Crippen LogP contribution in [0.25, 0.3) is 22.2 Å². The zero-order chi connectivity index (χ0) is 20.8. The number of rotatable bonds is 5. The van der Waals surface area contributed by atoms with Crippen molar-refractivity contribution in [3.63, 3.8) is 0 Å². The van der Waals surface area contributed by atoms with Crippen LogP contribution in [0.1, 0.15) is 23.7 Å². The van der Waals surface area contributed by atoms with Gasteiger partial charge in [-0.15, -0.1) is 0 Å². The number of hydrogen-bond donors (Lipinski definition) is 2. The van der Waals surface area contributed by atoms with Gasteiger partial charge in [0.1, 0.15) is 11.7 Å². The molecule has 3 aromatic rings. The van der Waals surface area contributed by atoms with Crippen LogP contribution in [0.3, 0.4) is 0 Å². The minimum absolute atomic E-state index is 0.0287. The van der Waals surface area contributed by atoms with Crippen molar-refractivity contribution >= 4 is 38.2 Å². The first kappa shape index (κ1) is 19.1. The van der Waals surface area contributed by atoms with Gasteiger partial charge in [0.2, 0.25) is 10.0 Å². The molecule has 3 heterocycles. The van der Waals surface area contributed by atoms with Gasteiger partial charge >= 0.3 is 0 Å². The first-order valence-electron chi connectivity index (χ1n) is 9.08. The number of Topliss-reactive ketones (excluding diaryl/α,β-unsaturated/α-hetero) is 1. The monoisotopic (exact) mass is 411 g/mol. The van der Waals surface area contributed by atoms with E-state index in [0.717, 1.165) is 23.1 Å². The van der Waals surface area contributed by atoms with Crippen molar-refractivity contribution in [3.05, 3.63) is 48.3 Å². The van der Waals surface area contributed by atoms with Crippen LogP contribution in [0.5, 0.6) is 0 Å². The molecule has 8 nitrogen and oxygen atoms in total. The molecule has 150 valence electrons. The summed E-state index contributed by atoms with van der Waals surface area (Å²) in [6, 6.07) is 8.54. The molecule has 0 saturated heterocycles. The molecule has 0 aliphatic carbocycles. The zero-order valence-corrected chi connectivity index (χ0v) is 17.1. The predicted molar refractivity (Wildman–Crippen MR) is 114 cm³/mol. The van der Waals surface area contributed by atoms with Gasteiger partial charge in [-0.25, -0.2) is 13.4 Å². The van der Waals surface area contributed by atoms with Gasteiger partial charge in [0, 0.05) is 48.2 Å². The second-order valence-electron chi connectivity index (χ2n) is 7.23. The molecule has 0 amide bonds. The number of aromatic amines is 1. The van der Waals surface area contributed by atoms with Crippen LogP contribution in [0.2, 0.25) is 0 Å². The second kappa shape index (κ2) is 7.00. The van der Waals surface area contributed by atoms with Crippen LogP contribution in [-0.4, -0.2) is 54.2 Å². The minimum atomic E-state index is -3.39. The second-order valence-corrected chi connectivity index (χ2v) is 8.98. The molecule has 1 aliphatic rings. The van der Waals surface area contributed by atoms with Crippen LogP contribution >= 0.6 is 0 Å². The molecule has 1 aliphatic heterocycles. The van der Waals surface area contributed by atoms with E-state index in [1.54, 1.807) is 42.6 Å². The van der Waals surface area contributed by atoms with Crippen LogP contribution in [0.15, 0.2) is 47.8 Å². The van der Waals surface area contributed by atoms with E-state index in [1.165, 1.54) is 0 Å². The Morgan fingerprint density at radius 1 is 1.31 bits per heavy atom. The van der Waals surface area contributed by atoms with Crippen molar-refractivity contribution in [2.45, 2.75) is 19.4 Å². The van der Waals surface area contributed by atoms with Crippen LogP contribution < -0.4 is 4.72 Å². The highest BCUT2D eigenvalue weighted by Crippen LogP contribution is 2.33. The maximum absolute atomic E-state index is 13.3. The molecule has 2 aromatic heterocycles. The van der Waals surface area contributed by atoms with Crippen molar-refractivity contribution in [2.24, 2.45) is 5.10 Å². The SMILES string of the molecule is CC1=NN(C)C(C(=O)c2c[nH]c3nccc(-c4cccc(NS(C)(=O)=O)c4)c23)C1. The van der Waals surface area contributed by atoms with E-state index in [0.29, 0.717) is 28.7 Å². The maximum atomic E-state index is 13.3. The number of carbonyl (C=O) groups is 1. The Hall–Kier alpha value is -3.20. The number of pyridine rings is 1. The zero-order valence-electron chi connectivity index (χ0n) is 16.3. The molecule has 1 unspecified atom stereocenters. The van der Waals surface area contributed by atoms with Gasteiger partial charge in [-0.05, 0) is 36.2 Å². The molecule has 29 heavy (non-hydrogen) atoms. The van der Waals surface area contributed by atoms with E-state index >= 15 is 0 Å². The van der Waals surface area contributed by atoms with Crippen LogP contribution in [0, 0.1) is 0 Å². The lowest BCUT2D eigenvalue weighted by Crippen LogP contribution is -2.31. The van der Waals surface area contributed by atoms with E-state index in [2.05, 4.69) is 19.8 Å². The highest BCUT2D eigenvalue weighted by Gasteiger charge is 2.31. The molecule has 2 N–H and O–H groups in total. The first-order chi connectivity index (χ1) is 13.7. The fourth-order valence-corrected chi connectivity index (χ4v) is 4.24. The van der Waals surface area contributed by atoms with Crippen molar-refractivity contribution in [1.82, 2.24) is 15.0 Å². The highest BCUT2D eigenvalue weighted by molar-refractivity contribution is 7.92. The molecule has 1 aromatic carbocycles. The van der Waals surface area contributed by atoms with E-state index in [9.17, 15) is 13.2 Å². The Kier molecular flexibility index (Phi) is 4.62. The van der Waals surface area contributed by atoms with Crippen molar-refractivity contribution in [1.29, 1.82) is 0 Å². The van der Waals surface area contributed by atoms with Crippen molar-refractivity contribution < 1.29 is 13.2 Å². The number of ketones is 1. The summed E-state index contributed by atoms with van der Waals surface area (Å²) in [5.41, 5.74) is 4.11. The third-order valence-electron chi connectivity index (χ3n) is 4.89. The third kappa shape index (κ3) is 3.73. The summed E-state index contributed by atoms with van der Waals surface area (Å²) in [5, 5.41) is 6.76. The van der Waals surface area contributed by atoms with Gasteiger partial charge < -0.3 is 4.98 Å². The van der Waals surface area contributed by atoms with Gasteiger partial charge in [-0.2, -0.15) is 5.10 Å². The number of sulfonamides is 1. The Bertz CT molecular complexity index is 1250. The summed E-state index contributed by atoms with van der Waals surface area (Å²) in [6.07, 6.45) is 5.04. The van der Waals surface area contributed by atoms with Gasteiger partial charge in [-0.1, -0.05) is 12.1 Å². The fourth-order valence-electron chi connectivity index (χ4n) is 3.69. The Labute approximate surface area is 168 Å². The average molecular weight is 411 g/mol. The number of hydrazone groups is 1. The molecule has 0 bridgehead atoms. The van der Waals surface area contributed by atoms with Gasteiger partial charge in [0.15, 0.2) is 5.78 Å². The molecule has 1 atom stereocenters. The lowest BCUT2D eigenvalue weighted by molar-refractivity contribution is 0.0880. The summed E-state index contributed by atoms with van der Waals surface area (Å²) in [4.78, 5) is 20.7. The molecule has 0 saturated carbocycles. The third-order valence-corrected chi connectivity index (χ3v) is 5.49. The number of carbonyl (C=O) groups excluding carboxylic acids is 1. The van der Waals surface area contributed by atoms with E-state index in [-0.39, 0.29) is 11.8 Å². The first-order valence-corrected chi connectivity index (χ1v) is 11.0. The normalized spacial score (nSPS) is 16.9. The lowest BCUT2D eigenvalue weighted by atomic mass is 9.96.